The van der Waals surface area contributed by atoms with E-state index in [2.05, 4.69) is 10.6 Å². The molecule has 0 radical (unpaired) electrons. The molecule has 30 heavy (non-hydrogen) atoms. The van der Waals surface area contributed by atoms with Crippen LogP contribution in [0.25, 0.3) is 0 Å². The minimum atomic E-state index is -0.278. The molecule has 1 atom stereocenters. The smallest absolute Gasteiger partial charge is 0.241 e. The lowest BCUT2D eigenvalue weighted by Crippen LogP contribution is -2.45. The number of likely N-dealkylation sites (N-methyl/N-ethyl adjacent to an activating group) is 1. The van der Waals surface area contributed by atoms with Crippen LogP contribution >= 0.6 is 0 Å². The van der Waals surface area contributed by atoms with Crippen molar-refractivity contribution in [3.8, 4) is 0 Å². The van der Waals surface area contributed by atoms with Crippen LogP contribution in [0.5, 0.6) is 0 Å². The Balaban J connectivity index is 1.66. The number of nitrogens with one attached hydrogen (secondary N) is 2. The maximum atomic E-state index is 13.1. The second-order valence-electron chi connectivity index (χ2n) is 7.61. The van der Waals surface area contributed by atoms with Gasteiger partial charge in [0.15, 0.2) is 0 Å². The summed E-state index contributed by atoms with van der Waals surface area (Å²) in [4.78, 5) is 41.0. The van der Waals surface area contributed by atoms with Crippen molar-refractivity contribution >= 4 is 34.8 Å². The van der Waals surface area contributed by atoms with Gasteiger partial charge < -0.3 is 15.5 Å². The molecule has 0 bridgehead atoms. The first kappa shape index (κ1) is 21.5. The minimum absolute atomic E-state index is 0.0652. The third kappa shape index (κ3) is 5.04. The lowest BCUT2D eigenvalue weighted by molar-refractivity contribution is -0.121. The highest BCUT2D eigenvalue weighted by Gasteiger charge is 2.30. The molecule has 0 unspecified atom stereocenters. The monoisotopic (exact) mass is 408 g/mol. The molecule has 0 aromatic heterocycles. The number of hydrogen-bond acceptors (Lipinski definition) is 4. The highest BCUT2D eigenvalue weighted by Crippen LogP contribution is 2.31. The Morgan fingerprint density at radius 3 is 2.60 bits per heavy atom. The lowest BCUT2D eigenvalue weighted by atomic mass is 10.1. The van der Waals surface area contributed by atoms with Crippen molar-refractivity contribution in [3.05, 3.63) is 54.1 Å². The van der Waals surface area contributed by atoms with E-state index in [1.54, 1.807) is 22.9 Å². The number of para-hydroxylation sites is 3. The largest absolute Gasteiger partial charge is 0.325 e. The Morgan fingerprint density at radius 1 is 1.13 bits per heavy atom. The first-order chi connectivity index (χ1) is 14.4. The normalized spacial score (nSPS) is 15.9. The molecular weight excluding hydrogens is 380 g/mol. The summed E-state index contributed by atoms with van der Waals surface area (Å²) in [7, 11) is 1.74. The van der Waals surface area contributed by atoms with E-state index in [-0.39, 0.29) is 43.3 Å². The molecular formula is C23H28N4O3. The van der Waals surface area contributed by atoms with Crippen LogP contribution in [-0.4, -0.2) is 48.8 Å². The molecule has 0 saturated carbocycles. The zero-order valence-electron chi connectivity index (χ0n) is 17.6. The molecule has 2 aromatic carbocycles. The first-order valence-electron chi connectivity index (χ1n) is 10.2. The fourth-order valence-electron chi connectivity index (χ4n) is 3.72. The van der Waals surface area contributed by atoms with E-state index in [1.807, 2.05) is 56.3 Å². The van der Waals surface area contributed by atoms with Crippen molar-refractivity contribution < 1.29 is 14.4 Å². The Morgan fingerprint density at radius 2 is 1.83 bits per heavy atom. The topological polar surface area (TPSA) is 81.8 Å². The molecule has 1 aliphatic rings. The van der Waals surface area contributed by atoms with Crippen molar-refractivity contribution in [1.82, 2.24) is 4.90 Å². The van der Waals surface area contributed by atoms with Crippen LogP contribution in [-0.2, 0) is 20.8 Å². The van der Waals surface area contributed by atoms with Gasteiger partial charge in [0.2, 0.25) is 17.7 Å². The van der Waals surface area contributed by atoms with E-state index in [9.17, 15) is 14.4 Å². The third-order valence-electron chi connectivity index (χ3n) is 5.12. The van der Waals surface area contributed by atoms with E-state index in [4.69, 9.17) is 0 Å². The number of amides is 3. The van der Waals surface area contributed by atoms with Crippen LogP contribution in [0, 0.1) is 0 Å². The molecule has 1 heterocycles. The van der Waals surface area contributed by atoms with Gasteiger partial charge in [-0.2, -0.15) is 0 Å². The van der Waals surface area contributed by atoms with Gasteiger partial charge in [0.1, 0.15) is 0 Å². The number of carbonyl (C=O) groups excluding carboxylic acids is 3. The molecule has 0 saturated heterocycles. The second-order valence-corrected chi connectivity index (χ2v) is 7.61. The van der Waals surface area contributed by atoms with Crippen molar-refractivity contribution in [1.29, 1.82) is 0 Å². The van der Waals surface area contributed by atoms with Gasteiger partial charge in [-0.05, 0) is 44.2 Å². The van der Waals surface area contributed by atoms with Gasteiger partial charge in [-0.25, -0.2) is 0 Å². The van der Waals surface area contributed by atoms with Gasteiger partial charge in [-0.3, -0.25) is 19.3 Å². The molecule has 2 aromatic rings. The number of carbonyl (C=O) groups is 3. The summed E-state index contributed by atoms with van der Waals surface area (Å²) in [6.45, 7) is 4.05. The number of hydrogen-bond donors (Lipinski definition) is 2. The molecule has 3 amide bonds. The van der Waals surface area contributed by atoms with Crippen LogP contribution in [0.1, 0.15) is 25.8 Å². The molecule has 3 rings (SSSR count). The number of fused-ring (bicyclic) bond motifs is 1. The van der Waals surface area contributed by atoms with E-state index < -0.39 is 0 Å². The van der Waals surface area contributed by atoms with Crippen LogP contribution in [0.4, 0.5) is 17.1 Å². The maximum absolute atomic E-state index is 13.1. The molecule has 7 nitrogen and oxygen atoms in total. The Hall–Kier alpha value is -3.19. The van der Waals surface area contributed by atoms with Crippen molar-refractivity contribution in [3.63, 3.8) is 0 Å². The number of aryl methyl sites for hydroxylation is 1. The standard InChI is InChI=1S/C23H28N4O3/c1-4-17-9-5-6-10-18(17)24-22(29)14-26(3)15-23(30)27-16(2)13-21(28)25-19-11-7-8-12-20(19)27/h5-12,16H,4,13-15H2,1-3H3,(H,24,29)(H,25,28)/t16-/m0/s1. The fourth-order valence-corrected chi connectivity index (χ4v) is 3.72. The van der Waals surface area contributed by atoms with E-state index in [0.717, 1.165) is 17.7 Å². The maximum Gasteiger partial charge on any atom is 0.241 e. The van der Waals surface area contributed by atoms with E-state index >= 15 is 0 Å². The zero-order valence-corrected chi connectivity index (χ0v) is 17.6. The van der Waals surface area contributed by atoms with Crippen molar-refractivity contribution in [2.24, 2.45) is 0 Å². The van der Waals surface area contributed by atoms with Gasteiger partial charge in [-0.15, -0.1) is 0 Å². The van der Waals surface area contributed by atoms with Crippen LogP contribution < -0.4 is 15.5 Å². The lowest BCUT2D eigenvalue weighted by Gasteiger charge is -2.29. The third-order valence-corrected chi connectivity index (χ3v) is 5.12. The van der Waals surface area contributed by atoms with E-state index in [0.29, 0.717) is 11.4 Å². The number of rotatable bonds is 6. The predicted octanol–water partition coefficient (Wildman–Crippen LogP) is 2.88. The van der Waals surface area contributed by atoms with Crippen molar-refractivity contribution in [2.75, 3.05) is 35.7 Å². The van der Waals surface area contributed by atoms with Gasteiger partial charge in [-0.1, -0.05) is 37.3 Å². The number of anilines is 3. The minimum Gasteiger partial charge on any atom is -0.325 e. The highest BCUT2D eigenvalue weighted by molar-refractivity contribution is 6.05. The first-order valence-corrected chi connectivity index (χ1v) is 10.2. The summed E-state index contributed by atoms with van der Waals surface area (Å²) in [5.74, 6) is -0.448. The van der Waals surface area contributed by atoms with Crippen LogP contribution in [0.3, 0.4) is 0 Å². The van der Waals surface area contributed by atoms with Crippen LogP contribution in [0.15, 0.2) is 48.5 Å². The predicted molar refractivity (Wildman–Crippen MR) is 119 cm³/mol. The summed E-state index contributed by atoms with van der Waals surface area (Å²) < 4.78 is 0. The molecule has 158 valence electrons. The molecule has 0 fully saturated rings. The van der Waals surface area contributed by atoms with Gasteiger partial charge >= 0.3 is 0 Å². The van der Waals surface area contributed by atoms with Crippen LogP contribution in [0.2, 0.25) is 0 Å². The quantitative estimate of drug-likeness (QED) is 0.770. The summed E-state index contributed by atoms with van der Waals surface area (Å²) in [6.07, 6.45) is 1.04. The van der Waals surface area contributed by atoms with Gasteiger partial charge in [0.25, 0.3) is 0 Å². The Bertz CT molecular complexity index is 944. The Kier molecular flexibility index (Phi) is 6.84. The molecule has 2 N–H and O–H groups in total. The van der Waals surface area contributed by atoms with Gasteiger partial charge in [0, 0.05) is 18.2 Å². The van der Waals surface area contributed by atoms with Crippen molar-refractivity contribution in [2.45, 2.75) is 32.7 Å². The summed E-state index contributed by atoms with van der Waals surface area (Å²) in [5, 5.41) is 5.78. The number of nitrogens with zero attached hydrogens (tertiary/aromatic N) is 2. The zero-order chi connectivity index (χ0) is 21.7. The summed E-state index contributed by atoms with van der Waals surface area (Å²) in [5.41, 5.74) is 3.16. The summed E-state index contributed by atoms with van der Waals surface area (Å²) >= 11 is 0. The summed E-state index contributed by atoms with van der Waals surface area (Å²) in [6, 6.07) is 14.7. The fraction of sp³-hybridized carbons (Fsp3) is 0.348. The molecule has 7 heteroatoms. The average molecular weight is 409 g/mol. The average Bonchev–Trinajstić information content (AvgIpc) is 2.82. The molecule has 0 aliphatic carbocycles. The molecule has 0 spiro atoms. The second kappa shape index (κ2) is 9.54. The highest BCUT2D eigenvalue weighted by atomic mass is 16.2. The van der Waals surface area contributed by atoms with E-state index in [1.165, 1.54) is 0 Å². The van der Waals surface area contributed by atoms with Gasteiger partial charge in [0.05, 0.1) is 24.5 Å². The number of benzene rings is 2. The SMILES string of the molecule is CCc1ccccc1NC(=O)CN(C)CC(=O)N1c2ccccc2NC(=O)C[C@@H]1C. The molecule has 1 aliphatic heterocycles. The Labute approximate surface area is 177 Å².